The number of halogens is 1. The number of morpholine rings is 1. The number of hydrogen-bond acceptors (Lipinski definition) is 7. The smallest absolute Gasteiger partial charge is 0.346 e. The Hall–Kier alpha value is -2.66. The van der Waals surface area contributed by atoms with Crippen molar-refractivity contribution in [3.05, 3.63) is 69.7 Å². The highest BCUT2D eigenvalue weighted by atomic mass is 32.1. The molecule has 31 heavy (non-hydrogen) atoms. The summed E-state index contributed by atoms with van der Waals surface area (Å²) in [5.74, 6) is 0. The van der Waals surface area contributed by atoms with E-state index in [-0.39, 0.29) is 18.8 Å². The van der Waals surface area contributed by atoms with Crippen LogP contribution in [0.2, 0.25) is 0 Å². The number of thiophene rings is 1. The number of rotatable bonds is 8. The van der Waals surface area contributed by atoms with Crippen molar-refractivity contribution < 1.29 is 9.13 Å². The monoisotopic (exact) mass is 444 g/mol. The Kier molecular flexibility index (Phi) is 7.03. The number of nitrogens with two attached hydrogens (primary N) is 1. The van der Waals surface area contributed by atoms with Gasteiger partial charge >= 0.3 is 5.69 Å². The molecule has 0 radical (unpaired) electrons. The Morgan fingerprint density at radius 3 is 2.77 bits per heavy atom. The lowest BCUT2D eigenvalue weighted by atomic mass is 10.2. The van der Waals surface area contributed by atoms with Crippen molar-refractivity contribution in [2.24, 2.45) is 5.73 Å². The van der Waals surface area contributed by atoms with E-state index in [1.165, 1.54) is 15.6 Å². The zero-order valence-corrected chi connectivity index (χ0v) is 17.9. The van der Waals surface area contributed by atoms with Crippen molar-refractivity contribution in [2.45, 2.75) is 19.6 Å². The number of pyridine rings is 1. The molecule has 1 saturated heterocycles. The van der Waals surface area contributed by atoms with Crippen LogP contribution in [0.5, 0.6) is 0 Å². The van der Waals surface area contributed by atoms with Gasteiger partial charge in [0.05, 0.1) is 38.3 Å². The maximum Gasteiger partial charge on any atom is 0.346 e. The fourth-order valence-electron chi connectivity index (χ4n) is 3.36. The average Bonchev–Trinajstić information content (AvgIpc) is 3.41. The maximum absolute atomic E-state index is 12.7. The van der Waals surface area contributed by atoms with Crippen LogP contribution in [0.15, 0.2) is 53.5 Å². The minimum Gasteiger partial charge on any atom is -0.379 e. The molecule has 0 amide bonds. The first kappa shape index (κ1) is 21.6. The van der Waals surface area contributed by atoms with E-state index in [4.69, 9.17) is 10.5 Å². The van der Waals surface area contributed by atoms with Gasteiger partial charge in [0, 0.05) is 47.7 Å². The summed E-state index contributed by atoms with van der Waals surface area (Å²) in [6, 6.07) is 8.18. The molecule has 0 saturated carbocycles. The lowest BCUT2D eigenvalue weighted by molar-refractivity contribution is 0.0336. The van der Waals surface area contributed by atoms with Crippen molar-refractivity contribution in [1.29, 1.82) is 0 Å². The Labute approximate surface area is 183 Å². The second-order valence-corrected chi connectivity index (χ2v) is 8.53. The molecule has 4 rings (SSSR count). The summed E-state index contributed by atoms with van der Waals surface area (Å²) in [4.78, 5) is 21.5. The van der Waals surface area contributed by atoms with E-state index in [1.807, 2.05) is 18.3 Å². The Morgan fingerprint density at radius 2 is 2.06 bits per heavy atom. The molecule has 0 atom stereocenters. The van der Waals surface area contributed by atoms with E-state index in [9.17, 15) is 9.18 Å². The normalized spacial score (nSPS) is 15.5. The Bertz CT molecular complexity index is 1080. The second-order valence-electron chi connectivity index (χ2n) is 7.36. The average molecular weight is 445 g/mol. The van der Waals surface area contributed by atoms with Crippen LogP contribution < -0.4 is 11.4 Å². The van der Waals surface area contributed by atoms with E-state index in [0.717, 1.165) is 53.9 Å². The predicted molar refractivity (Wildman–Crippen MR) is 117 cm³/mol. The van der Waals surface area contributed by atoms with Gasteiger partial charge in [-0.15, -0.1) is 11.3 Å². The summed E-state index contributed by atoms with van der Waals surface area (Å²) < 4.78 is 20.8. The van der Waals surface area contributed by atoms with Crippen LogP contribution in [-0.2, 0) is 24.4 Å². The summed E-state index contributed by atoms with van der Waals surface area (Å²) >= 11 is 1.61. The first-order chi connectivity index (χ1) is 15.2. The van der Waals surface area contributed by atoms with Crippen LogP contribution in [0.1, 0.15) is 10.6 Å². The molecule has 2 N–H and O–H groups in total. The van der Waals surface area contributed by atoms with Crippen molar-refractivity contribution >= 4 is 11.3 Å². The molecule has 164 valence electrons. The first-order valence-electron chi connectivity index (χ1n) is 10.1. The van der Waals surface area contributed by atoms with E-state index in [2.05, 4.69) is 27.1 Å². The molecule has 1 aliphatic rings. The van der Waals surface area contributed by atoms with Crippen LogP contribution in [0.25, 0.3) is 10.4 Å². The Balaban J connectivity index is 1.40. The highest BCUT2D eigenvalue weighted by molar-refractivity contribution is 7.15. The number of hydrogen-bond donors (Lipinski definition) is 1. The minimum atomic E-state index is -0.295. The summed E-state index contributed by atoms with van der Waals surface area (Å²) in [6.07, 6.45) is 3.79. The third-order valence-corrected chi connectivity index (χ3v) is 6.27. The van der Waals surface area contributed by atoms with Crippen LogP contribution in [0.4, 0.5) is 4.39 Å². The standard InChI is InChI=1S/C21H25FN6O2S/c22-9-16(10-23)12-28-21(29)27(15-25-28)14-19-3-4-20(31-19)17-1-2-18(24-11-17)13-26-5-7-30-8-6-26/h1-4,9,11,15H,5-8,10,12-14,23H2/b16-9+. The maximum atomic E-state index is 12.7. The zero-order valence-electron chi connectivity index (χ0n) is 17.1. The Morgan fingerprint density at radius 1 is 1.23 bits per heavy atom. The van der Waals surface area contributed by atoms with Gasteiger partial charge in [0.1, 0.15) is 6.33 Å². The van der Waals surface area contributed by atoms with Crippen LogP contribution in [0, 0.1) is 0 Å². The second kappa shape index (κ2) is 10.1. The van der Waals surface area contributed by atoms with Crippen LogP contribution >= 0.6 is 11.3 Å². The van der Waals surface area contributed by atoms with Gasteiger partial charge in [0.15, 0.2) is 0 Å². The number of ether oxygens (including phenoxy) is 1. The quantitative estimate of drug-likeness (QED) is 0.570. The molecule has 0 aromatic carbocycles. The van der Waals surface area contributed by atoms with E-state index < -0.39 is 0 Å². The van der Waals surface area contributed by atoms with Crippen molar-refractivity contribution in [3.63, 3.8) is 0 Å². The molecule has 0 bridgehead atoms. The fraction of sp³-hybridized carbons (Fsp3) is 0.381. The van der Waals surface area contributed by atoms with Gasteiger partial charge in [0.2, 0.25) is 0 Å². The van der Waals surface area contributed by atoms with E-state index in [0.29, 0.717) is 18.4 Å². The van der Waals surface area contributed by atoms with Gasteiger partial charge in [-0.3, -0.25) is 14.5 Å². The van der Waals surface area contributed by atoms with Gasteiger partial charge in [-0.05, 0) is 23.8 Å². The molecule has 0 aliphatic carbocycles. The van der Waals surface area contributed by atoms with Gasteiger partial charge < -0.3 is 10.5 Å². The minimum absolute atomic E-state index is 0.0450. The molecule has 1 fully saturated rings. The summed E-state index contributed by atoms with van der Waals surface area (Å²) in [5, 5.41) is 4.06. The molecular formula is C21H25FN6O2S. The molecule has 1 aliphatic heterocycles. The highest BCUT2D eigenvalue weighted by Crippen LogP contribution is 2.28. The SMILES string of the molecule is NC/C(=C\F)Cn1ncn(Cc2ccc(-c3ccc(CN4CCOCC4)nc3)s2)c1=O. The largest absolute Gasteiger partial charge is 0.379 e. The third-order valence-electron chi connectivity index (χ3n) is 5.15. The third kappa shape index (κ3) is 5.34. The van der Waals surface area contributed by atoms with E-state index >= 15 is 0 Å². The lowest BCUT2D eigenvalue weighted by Crippen LogP contribution is -2.35. The summed E-state index contributed by atoms with van der Waals surface area (Å²) in [7, 11) is 0. The van der Waals surface area contributed by atoms with Crippen molar-refractivity contribution in [2.75, 3.05) is 32.8 Å². The predicted octanol–water partition coefficient (Wildman–Crippen LogP) is 1.86. The fourth-order valence-corrected chi connectivity index (χ4v) is 4.36. The number of aromatic nitrogens is 4. The van der Waals surface area contributed by atoms with Crippen molar-refractivity contribution in [3.8, 4) is 10.4 Å². The molecular weight excluding hydrogens is 419 g/mol. The van der Waals surface area contributed by atoms with Crippen molar-refractivity contribution in [1.82, 2.24) is 24.2 Å². The van der Waals surface area contributed by atoms with Gasteiger partial charge in [-0.25, -0.2) is 13.9 Å². The van der Waals surface area contributed by atoms with Crippen LogP contribution in [-0.4, -0.2) is 57.1 Å². The van der Waals surface area contributed by atoms with Gasteiger partial charge in [0.25, 0.3) is 0 Å². The molecule has 3 aromatic rings. The van der Waals surface area contributed by atoms with Crippen LogP contribution in [0.3, 0.4) is 0 Å². The molecule has 4 heterocycles. The lowest BCUT2D eigenvalue weighted by Gasteiger charge is -2.26. The number of nitrogens with zero attached hydrogens (tertiary/aromatic N) is 5. The highest BCUT2D eigenvalue weighted by Gasteiger charge is 2.12. The zero-order chi connectivity index (χ0) is 21.6. The first-order valence-corrected chi connectivity index (χ1v) is 10.9. The molecule has 0 spiro atoms. The molecule has 8 nitrogen and oxygen atoms in total. The van der Waals surface area contributed by atoms with Gasteiger partial charge in [-0.2, -0.15) is 5.10 Å². The van der Waals surface area contributed by atoms with E-state index in [1.54, 1.807) is 11.3 Å². The summed E-state index contributed by atoms with van der Waals surface area (Å²) in [5.41, 5.74) is 7.57. The summed E-state index contributed by atoms with van der Waals surface area (Å²) in [6.45, 7) is 4.76. The molecule has 0 unspecified atom stereocenters. The topological polar surface area (TPSA) is 91.2 Å². The van der Waals surface area contributed by atoms with Gasteiger partial charge in [-0.1, -0.05) is 6.07 Å². The molecule has 3 aromatic heterocycles. The molecule has 10 heteroatoms.